The molecule has 4 atom stereocenters. The zero-order valence-electron chi connectivity index (χ0n) is 29.9. The highest BCUT2D eigenvalue weighted by Crippen LogP contribution is 2.13. The molecule has 1 fully saturated rings. The number of phenolic OH excluding ortho intramolecular Hbond substituents is 1. The van der Waals surface area contributed by atoms with Crippen LogP contribution in [0.4, 0.5) is 4.79 Å². The zero-order valence-corrected chi connectivity index (χ0v) is 29.9. The van der Waals surface area contributed by atoms with Crippen LogP contribution in [0.5, 0.6) is 5.75 Å². The van der Waals surface area contributed by atoms with E-state index in [-0.39, 0.29) is 44.5 Å². The normalized spacial score (nSPS) is 21.1. The molecule has 0 radical (unpaired) electrons. The molecule has 1 heterocycles. The van der Waals surface area contributed by atoms with Gasteiger partial charge in [-0.05, 0) is 84.4 Å². The second kappa shape index (κ2) is 20.5. The minimum absolute atomic E-state index is 0.0147. The summed E-state index contributed by atoms with van der Waals surface area (Å²) in [5.41, 5.74) is 5.49. The van der Waals surface area contributed by atoms with Crippen molar-refractivity contribution in [2.24, 2.45) is 10.7 Å². The molecule has 2 rings (SSSR count). The number of ketones is 1. The van der Waals surface area contributed by atoms with Crippen molar-refractivity contribution in [3.8, 4) is 5.75 Å². The number of aliphatic imine (C=N–C) groups is 1. The molecule has 1 aliphatic heterocycles. The van der Waals surface area contributed by atoms with Gasteiger partial charge in [-0.3, -0.25) is 33.8 Å². The van der Waals surface area contributed by atoms with Gasteiger partial charge < -0.3 is 47.5 Å². The molecule has 0 aliphatic carbocycles. The van der Waals surface area contributed by atoms with Gasteiger partial charge in [0.1, 0.15) is 41.3 Å². The van der Waals surface area contributed by atoms with Crippen LogP contribution in [0.1, 0.15) is 78.7 Å². The molecule has 1 aliphatic rings. The number of nitrogens with one attached hydrogen (secondary N) is 6. The molecule has 9 N–H and O–H groups in total. The quantitative estimate of drug-likeness (QED) is 0.0760. The number of benzene rings is 1. The van der Waals surface area contributed by atoms with Crippen LogP contribution in [0.15, 0.2) is 29.3 Å². The number of carbonyl (C=O) groups is 7. The molecule has 0 aromatic heterocycles. The number of amides is 6. The highest BCUT2D eigenvalue weighted by atomic mass is 16.6. The van der Waals surface area contributed by atoms with E-state index in [9.17, 15) is 38.7 Å². The van der Waals surface area contributed by atoms with Gasteiger partial charge in [0, 0.05) is 25.9 Å². The molecule has 1 aromatic carbocycles. The lowest BCUT2D eigenvalue weighted by Crippen LogP contribution is -2.58. The number of rotatable bonds is 13. The zero-order chi connectivity index (χ0) is 38.1. The van der Waals surface area contributed by atoms with Gasteiger partial charge in [0.05, 0.1) is 12.4 Å². The molecule has 282 valence electrons. The van der Waals surface area contributed by atoms with Crippen LogP contribution in [0.25, 0.3) is 0 Å². The summed E-state index contributed by atoms with van der Waals surface area (Å²) in [6.45, 7) is 7.99. The first-order valence-electron chi connectivity index (χ1n) is 16.9. The fourth-order valence-corrected chi connectivity index (χ4v) is 4.99. The number of aromatic hydroxyl groups is 1. The highest BCUT2D eigenvalue weighted by Gasteiger charge is 2.32. The van der Waals surface area contributed by atoms with E-state index in [0.717, 1.165) is 0 Å². The van der Waals surface area contributed by atoms with Crippen LogP contribution in [-0.4, -0.2) is 102 Å². The first-order valence-corrected chi connectivity index (χ1v) is 16.9. The van der Waals surface area contributed by atoms with Crippen molar-refractivity contribution in [2.45, 2.75) is 109 Å². The van der Waals surface area contributed by atoms with E-state index in [2.05, 4.69) is 36.9 Å². The molecule has 0 spiro atoms. The van der Waals surface area contributed by atoms with E-state index in [4.69, 9.17) is 10.5 Å². The van der Waals surface area contributed by atoms with Crippen LogP contribution in [0, 0.1) is 0 Å². The molecule has 1 unspecified atom stereocenters. The van der Waals surface area contributed by atoms with Crippen molar-refractivity contribution in [1.29, 1.82) is 0 Å². The van der Waals surface area contributed by atoms with Crippen LogP contribution < -0.4 is 37.6 Å². The first kappa shape index (κ1) is 41.9. The Morgan fingerprint density at radius 1 is 0.843 bits per heavy atom. The van der Waals surface area contributed by atoms with Crippen molar-refractivity contribution in [1.82, 2.24) is 31.9 Å². The summed E-state index contributed by atoms with van der Waals surface area (Å²) in [5.74, 6) is -3.82. The summed E-state index contributed by atoms with van der Waals surface area (Å²) in [7, 11) is 0. The highest BCUT2D eigenvalue weighted by molar-refractivity contribution is 5.98. The molecular weight excluding hydrogens is 664 g/mol. The monoisotopic (exact) mass is 716 g/mol. The third-order valence-corrected chi connectivity index (χ3v) is 7.44. The third kappa shape index (κ3) is 16.8. The number of hydrogen-bond acceptors (Lipinski definition) is 10. The maximum absolute atomic E-state index is 13.9. The van der Waals surface area contributed by atoms with E-state index >= 15 is 0 Å². The molecule has 0 saturated carbocycles. The fourth-order valence-electron chi connectivity index (χ4n) is 4.99. The number of alkyl carbamates (subject to hydrolysis) is 1. The van der Waals surface area contributed by atoms with Crippen LogP contribution in [-0.2, 0) is 39.9 Å². The Kier molecular flexibility index (Phi) is 16.8. The molecule has 1 aromatic rings. The van der Waals surface area contributed by atoms with Gasteiger partial charge in [-0.15, -0.1) is 0 Å². The number of Topliss-reactive ketones (excluding diaryl/α,β-unsaturated/α-hetero) is 1. The maximum Gasteiger partial charge on any atom is 0.407 e. The van der Waals surface area contributed by atoms with Gasteiger partial charge in [-0.1, -0.05) is 12.1 Å². The summed E-state index contributed by atoms with van der Waals surface area (Å²) < 4.78 is 5.24. The average molecular weight is 717 g/mol. The van der Waals surface area contributed by atoms with Crippen molar-refractivity contribution in [2.75, 3.05) is 19.6 Å². The van der Waals surface area contributed by atoms with Gasteiger partial charge in [-0.25, -0.2) is 4.79 Å². The summed E-state index contributed by atoms with van der Waals surface area (Å²) in [5, 5.41) is 25.3. The third-order valence-electron chi connectivity index (χ3n) is 7.44. The van der Waals surface area contributed by atoms with Gasteiger partial charge in [0.25, 0.3) is 0 Å². The number of ether oxygens (including phenoxy) is 1. The SMILES string of the molecule is CC(=O)CC1NC(=O)CNC(=O)[C@H](CCCN=C(C)N)NC(=O)[C@H](CCCCNC(=O)OC(C)(C)C)NC(=O)[C@@H](Cc2ccc(O)cc2)NC1=O. The number of phenols is 1. The Morgan fingerprint density at radius 2 is 1.41 bits per heavy atom. The van der Waals surface area contributed by atoms with Crippen LogP contribution >= 0.6 is 0 Å². The number of amidine groups is 1. The first-order chi connectivity index (χ1) is 23.9. The summed E-state index contributed by atoms with van der Waals surface area (Å²) >= 11 is 0. The topological polar surface area (TPSA) is 260 Å². The number of nitrogens with two attached hydrogens (primary N) is 1. The Balaban J connectivity index is 2.41. The minimum Gasteiger partial charge on any atom is -0.508 e. The molecule has 51 heavy (non-hydrogen) atoms. The smallest absolute Gasteiger partial charge is 0.407 e. The van der Waals surface area contributed by atoms with E-state index in [1.165, 1.54) is 19.1 Å². The lowest BCUT2D eigenvalue weighted by atomic mass is 10.0. The van der Waals surface area contributed by atoms with E-state index < -0.39 is 77.7 Å². The summed E-state index contributed by atoms with van der Waals surface area (Å²) in [4.78, 5) is 95.4. The second-order valence-corrected chi connectivity index (χ2v) is 13.4. The summed E-state index contributed by atoms with van der Waals surface area (Å²) in [6, 6.07) is 0.966. The predicted molar refractivity (Wildman–Crippen MR) is 187 cm³/mol. The Morgan fingerprint density at radius 3 is 2.02 bits per heavy atom. The van der Waals surface area contributed by atoms with Crippen molar-refractivity contribution in [3.63, 3.8) is 0 Å². The van der Waals surface area contributed by atoms with Crippen LogP contribution in [0.3, 0.4) is 0 Å². The maximum atomic E-state index is 13.9. The lowest BCUT2D eigenvalue weighted by molar-refractivity contribution is -0.134. The minimum atomic E-state index is -1.37. The number of hydrogen-bond donors (Lipinski definition) is 8. The van der Waals surface area contributed by atoms with Crippen molar-refractivity contribution >= 4 is 47.2 Å². The Bertz CT molecular complexity index is 1420. The lowest BCUT2D eigenvalue weighted by Gasteiger charge is -2.26. The molecule has 6 amide bonds. The number of unbranched alkanes of at least 4 members (excludes halogenated alkanes) is 1. The molecule has 1 saturated heterocycles. The van der Waals surface area contributed by atoms with Gasteiger partial charge in [-0.2, -0.15) is 0 Å². The van der Waals surface area contributed by atoms with E-state index in [1.807, 2.05) is 0 Å². The standard InChI is InChI=1S/C34H52N8O9/c1-20(43)17-26-31(48)42-27(18-22-11-13-23(44)14-12-22)32(49)41-25(9-6-7-15-37-33(50)51-34(3,4)5)30(47)40-24(10-8-16-36-21(2)35)29(46)38-19-28(45)39-26/h11-14,24-27,44H,6-10,15-19H2,1-5H3,(H2,35,36)(H,37,50)(H,38,46)(H,39,45)(H,40,47)(H,41,49)(H,42,48)/t24-,25-,26?,27+/m0/s1. The van der Waals surface area contributed by atoms with Crippen molar-refractivity contribution < 1.29 is 43.4 Å². The molecular formula is C34H52N8O9. The van der Waals surface area contributed by atoms with E-state index in [0.29, 0.717) is 30.7 Å². The van der Waals surface area contributed by atoms with Crippen LogP contribution in [0.2, 0.25) is 0 Å². The molecule has 17 nitrogen and oxygen atoms in total. The van der Waals surface area contributed by atoms with Gasteiger partial charge >= 0.3 is 6.09 Å². The molecule has 17 heteroatoms. The average Bonchev–Trinajstić information content (AvgIpc) is 3.02. The van der Waals surface area contributed by atoms with Gasteiger partial charge in [0.15, 0.2) is 0 Å². The van der Waals surface area contributed by atoms with Gasteiger partial charge in [0.2, 0.25) is 29.5 Å². The largest absolute Gasteiger partial charge is 0.508 e. The Hall–Kier alpha value is -5.22. The predicted octanol–water partition coefficient (Wildman–Crippen LogP) is -0.165. The number of carbonyl (C=O) groups excluding carboxylic acids is 7. The Labute approximate surface area is 297 Å². The molecule has 0 bridgehead atoms. The summed E-state index contributed by atoms with van der Waals surface area (Å²) in [6.07, 6.45) is 0.254. The van der Waals surface area contributed by atoms with E-state index in [1.54, 1.807) is 39.8 Å². The fraction of sp³-hybridized carbons (Fsp3) is 0.588. The second-order valence-electron chi connectivity index (χ2n) is 13.4. The number of nitrogens with zero attached hydrogens (tertiary/aromatic N) is 1. The van der Waals surface area contributed by atoms with Crippen molar-refractivity contribution in [3.05, 3.63) is 29.8 Å².